The van der Waals surface area contributed by atoms with Crippen molar-refractivity contribution in [3.05, 3.63) is 17.8 Å². The van der Waals surface area contributed by atoms with Gasteiger partial charge < -0.3 is 9.30 Å². The van der Waals surface area contributed by atoms with E-state index in [-0.39, 0.29) is 5.97 Å². The zero-order valence-electron chi connectivity index (χ0n) is 7.30. The van der Waals surface area contributed by atoms with Crippen molar-refractivity contribution < 1.29 is 9.53 Å². The number of hydrogen-bond acceptors (Lipinski definition) is 5. The van der Waals surface area contributed by atoms with Gasteiger partial charge in [0, 0.05) is 13.1 Å². The standard InChI is InChI=1S/C7H9N3O2S/c1-10-5-8-9-7(10)13-4-3-6(11)12-2/h3-5H,1-2H3. The minimum atomic E-state index is -0.380. The van der Waals surface area contributed by atoms with Gasteiger partial charge in [0.1, 0.15) is 6.33 Å². The second-order valence-electron chi connectivity index (χ2n) is 2.17. The lowest BCUT2D eigenvalue weighted by molar-refractivity contribution is -0.134. The van der Waals surface area contributed by atoms with Gasteiger partial charge in [0.25, 0.3) is 0 Å². The van der Waals surface area contributed by atoms with Gasteiger partial charge in [-0.3, -0.25) is 0 Å². The molecule has 5 nitrogen and oxygen atoms in total. The van der Waals surface area contributed by atoms with Crippen LogP contribution in [-0.4, -0.2) is 27.8 Å². The lowest BCUT2D eigenvalue weighted by Gasteiger charge is -1.93. The second-order valence-corrected chi connectivity index (χ2v) is 3.04. The van der Waals surface area contributed by atoms with Crippen molar-refractivity contribution in [2.45, 2.75) is 5.16 Å². The topological polar surface area (TPSA) is 57.0 Å². The lowest BCUT2D eigenvalue weighted by Crippen LogP contribution is -1.93. The summed E-state index contributed by atoms with van der Waals surface area (Å²) in [5.41, 5.74) is 0. The SMILES string of the molecule is COC(=O)C=CSc1nncn1C. The minimum absolute atomic E-state index is 0.380. The van der Waals surface area contributed by atoms with Gasteiger partial charge in [-0.25, -0.2) is 4.79 Å². The number of aromatic nitrogens is 3. The van der Waals surface area contributed by atoms with E-state index in [1.54, 1.807) is 16.3 Å². The highest BCUT2D eigenvalue weighted by molar-refractivity contribution is 8.02. The van der Waals surface area contributed by atoms with E-state index in [9.17, 15) is 4.79 Å². The fraction of sp³-hybridized carbons (Fsp3) is 0.286. The third-order valence-corrected chi connectivity index (χ3v) is 2.10. The van der Waals surface area contributed by atoms with E-state index in [0.29, 0.717) is 0 Å². The molecular weight excluding hydrogens is 190 g/mol. The molecule has 0 atom stereocenters. The number of carbonyl (C=O) groups excluding carboxylic acids is 1. The Morgan fingerprint density at radius 1 is 1.77 bits per heavy atom. The van der Waals surface area contributed by atoms with E-state index in [1.807, 2.05) is 7.05 Å². The lowest BCUT2D eigenvalue weighted by atomic mass is 10.7. The van der Waals surface area contributed by atoms with Crippen molar-refractivity contribution in [2.75, 3.05) is 7.11 Å². The first-order valence-corrected chi connectivity index (χ1v) is 4.37. The molecule has 1 heterocycles. The van der Waals surface area contributed by atoms with Crippen molar-refractivity contribution in [1.82, 2.24) is 14.8 Å². The van der Waals surface area contributed by atoms with E-state index in [1.165, 1.54) is 24.9 Å². The third kappa shape index (κ3) is 2.90. The van der Waals surface area contributed by atoms with E-state index in [2.05, 4.69) is 14.9 Å². The van der Waals surface area contributed by atoms with Crippen LogP contribution < -0.4 is 0 Å². The molecule has 13 heavy (non-hydrogen) atoms. The summed E-state index contributed by atoms with van der Waals surface area (Å²) in [6.07, 6.45) is 2.92. The summed E-state index contributed by atoms with van der Waals surface area (Å²) in [5.74, 6) is -0.380. The zero-order valence-corrected chi connectivity index (χ0v) is 8.11. The van der Waals surface area contributed by atoms with E-state index >= 15 is 0 Å². The molecule has 0 unspecified atom stereocenters. The Labute approximate surface area is 79.8 Å². The number of carbonyl (C=O) groups is 1. The van der Waals surface area contributed by atoms with Crippen molar-refractivity contribution in [3.63, 3.8) is 0 Å². The molecule has 0 aromatic carbocycles. The molecule has 0 aliphatic carbocycles. The first-order chi connectivity index (χ1) is 6.24. The number of nitrogens with zero attached hydrogens (tertiary/aromatic N) is 3. The predicted molar refractivity (Wildman–Crippen MR) is 48.0 cm³/mol. The van der Waals surface area contributed by atoms with Crippen LogP contribution >= 0.6 is 11.8 Å². The minimum Gasteiger partial charge on any atom is -0.466 e. The first-order valence-electron chi connectivity index (χ1n) is 3.49. The van der Waals surface area contributed by atoms with E-state index in [4.69, 9.17) is 0 Å². The summed E-state index contributed by atoms with van der Waals surface area (Å²) in [5, 5.41) is 9.82. The van der Waals surface area contributed by atoms with Gasteiger partial charge in [-0.2, -0.15) is 0 Å². The number of ether oxygens (including phenoxy) is 1. The first kappa shape index (κ1) is 9.79. The number of rotatable bonds is 3. The smallest absolute Gasteiger partial charge is 0.330 e. The molecule has 1 rings (SSSR count). The van der Waals surface area contributed by atoms with Crippen LogP contribution in [-0.2, 0) is 16.6 Å². The quantitative estimate of drug-likeness (QED) is 0.405. The van der Waals surface area contributed by atoms with Crippen LogP contribution in [0.15, 0.2) is 23.0 Å². The number of esters is 1. The van der Waals surface area contributed by atoms with Gasteiger partial charge in [0.15, 0.2) is 5.16 Å². The molecule has 70 valence electrons. The Morgan fingerprint density at radius 3 is 3.08 bits per heavy atom. The summed E-state index contributed by atoms with van der Waals surface area (Å²) in [7, 11) is 3.16. The molecule has 0 saturated carbocycles. The molecule has 0 bridgehead atoms. The van der Waals surface area contributed by atoms with Gasteiger partial charge in [0.05, 0.1) is 7.11 Å². The third-order valence-electron chi connectivity index (χ3n) is 1.25. The van der Waals surface area contributed by atoms with Crippen LogP contribution in [0.4, 0.5) is 0 Å². The highest BCUT2D eigenvalue weighted by atomic mass is 32.2. The summed E-state index contributed by atoms with van der Waals surface area (Å²) in [4.78, 5) is 10.7. The van der Waals surface area contributed by atoms with Crippen LogP contribution in [0, 0.1) is 0 Å². The average molecular weight is 199 g/mol. The molecule has 0 spiro atoms. The predicted octanol–water partition coefficient (Wildman–Crippen LogP) is 0.594. The van der Waals surface area contributed by atoms with Crippen molar-refractivity contribution in [3.8, 4) is 0 Å². The summed E-state index contributed by atoms with van der Waals surface area (Å²) in [6, 6.07) is 0. The Hall–Kier alpha value is -1.30. The van der Waals surface area contributed by atoms with Crippen molar-refractivity contribution in [2.24, 2.45) is 7.05 Å². The normalized spacial score (nSPS) is 10.6. The maximum atomic E-state index is 10.7. The number of aryl methyl sites for hydroxylation is 1. The van der Waals surface area contributed by atoms with Crippen LogP contribution in [0.25, 0.3) is 0 Å². The average Bonchev–Trinajstić information content (AvgIpc) is 2.52. The Kier molecular flexibility index (Phi) is 3.51. The fourth-order valence-electron chi connectivity index (χ4n) is 0.598. The molecule has 0 saturated heterocycles. The molecule has 1 aromatic heterocycles. The number of hydrogen-bond donors (Lipinski definition) is 0. The molecule has 0 aliphatic heterocycles. The zero-order chi connectivity index (χ0) is 9.68. The Balaban J connectivity index is 2.48. The second kappa shape index (κ2) is 4.66. The van der Waals surface area contributed by atoms with Gasteiger partial charge in [-0.1, -0.05) is 11.8 Å². The molecule has 0 radical (unpaired) electrons. The van der Waals surface area contributed by atoms with Crippen LogP contribution in [0.3, 0.4) is 0 Å². The maximum absolute atomic E-state index is 10.7. The maximum Gasteiger partial charge on any atom is 0.330 e. The van der Waals surface area contributed by atoms with Crippen molar-refractivity contribution >= 4 is 17.7 Å². The van der Waals surface area contributed by atoms with Crippen LogP contribution in [0.2, 0.25) is 0 Å². The van der Waals surface area contributed by atoms with Gasteiger partial charge in [-0.05, 0) is 5.41 Å². The molecule has 0 aliphatic rings. The van der Waals surface area contributed by atoms with Crippen molar-refractivity contribution in [1.29, 1.82) is 0 Å². The van der Waals surface area contributed by atoms with E-state index < -0.39 is 0 Å². The van der Waals surface area contributed by atoms with Crippen LogP contribution in [0.5, 0.6) is 0 Å². The number of thioether (sulfide) groups is 1. The molecule has 6 heteroatoms. The molecular formula is C7H9N3O2S. The number of methoxy groups -OCH3 is 1. The van der Waals surface area contributed by atoms with Gasteiger partial charge in [-0.15, -0.1) is 10.2 Å². The monoisotopic (exact) mass is 199 g/mol. The molecule has 0 fully saturated rings. The van der Waals surface area contributed by atoms with Gasteiger partial charge in [0.2, 0.25) is 0 Å². The molecule has 0 amide bonds. The molecule has 0 N–H and O–H groups in total. The Bertz CT molecular complexity index is 321. The highest BCUT2D eigenvalue weighted by Gasteiger charge is 1.98. The molecule has 1 aromatic rings. The highest BCUT2D eigenvalue weighted by Crippen LogP contribution is 2.13. The summed E-state index contributed by atoms with van der Waals surface area (Å²) in [6.45, 7) is 0. The van der Waals surface area contributed by atoms with Gasteiger partial charge >= 0.3 is 5.97 Å². The Morgan fingerprint density at radius 2 is 2.54 bits per heavy atom. The largest absolute Gasteiger partial charge is 0.466 e. The summed E-state index contributed by atoms with van der Waals surface area (Å²) >= 11 is 1.31. The van der Waals surface area contributed by atoms with Crippen LogP contribution in [0.1, 0.15) is 0 Å². The summed E-state index contributed by atoms with van der Waals surface area (Å²) < 4.78 is 6.17. The van der Waals surface area contributed by atoms with E-state index in [0.717, 1.165) is 5.16 Å². The fourth-order valence-corrected chi connectivity index (χ4v) is 1.21.